The summed E-state index contributed by atoms with van der Waals surface area (Å²) in [5.74, 6) is 0.507. The van der Waals surface area contributed by atoms with E-state index in [1.54, 1.807) is 11.0 Å². The third-order valence-corrected chi connectivity index (χ3v) is 3.41. The molecule has 2 aromatic rings. The highest BCUT2D eigenvalue weighted by Crippen LogP contribution is 2.15. The van der Waals surface area contributed by atoms with Crippen molar-refractivity contribution in [2.45, 2.75) is 39.3 Å². The van der Waals surface area contributed by atoms with Crippen LogP contribution in [0.5, 0.6) is 0 Å². The Hall–Kier alpha value is -1.79. The molecule has 0 spiro atoms. The normalized spacial score (nSPS) is 14.3. The van der Waals surface area contributed by atoms with Gasteiger partial charge in [0, 0.05) is 12.6 Å². The monoisotopic (exact) mass is 289 g/mol. The van der Waals surface area contributed by atoms with Crippen molar-refractivity contribution in [1.29, 1.82) is 0 Å². The first-order valence-corrected chi connectivity index (χ1v) is 7.31. The average Bonchev–Trinajstić information content (AvgIpc) is 2.98. The molecule has 0 saturated carbocycles. The lowest BCUT2D eigenvalue weighted by Crippen LogP contribution is -2.30. The highest BCUT2D eigenvalue weighted by atomic mass is 16.3. The van der Waals surface area contributed by atoms with Crippen LogP contribution in [0.15, 0.2) is 30.6 Å². The number of hydrogen-bond donors (Lipinski definition) is 2. The molecule has 6 nitrogen and oxygen atoms in total. The quantitative estimate of drug-likeness (QED) is 0.811. The SMILES string of the molecule is CC(C)CC(O)CNC(C)c1ccc(-n2cnnn2)cc1. The molecule has 0 bridgehead atoms. The second-order valence-corrected chi connectivity index (χ2v) is 5.76. The molecule has 0 aliphatic heterocycles. The number of aliphatic hydroxyl groups excluding tert-OH is 1. The van der Waals surface area contributed by atoms with Crippen LogP contribution in [0.4, 0.5) is 0 Å². The maximum absolute atomic E-state index is 9.90. The summed E-state index contributed by atoms with van der Waals surface area (Å²) in [5, 5.41) is 24.4. The summed E-state index contributed by atoms with van der Waals surface area (Å²) >= 11 is 0. The van der Waals surface area contributed by atoms with E-state index in [4.69, 9.17) is 0 Å². The molecule has 1 aromatic heterocycles. The third-order valence-electron chi connectivity index (χ3n) is 3.41. The van der Waals surface area contributed by atoms with Gasteiger partial charge in [-0.25, -0.2) is 4.68 Å². The summed E-state index contributed by atoms with van der Waals surface area (Å²) in [6.07, 6.45) is 2.09. The molecule has 6 heteroatoms. The molecule has 114 valence electrons. The van der Waals surface area contributed by atoms with Gasteiger partial charge in [0.1, 0.15) is 6.33 Å². The smallest absolute Gasteiger partial charge is 0.143 e. The van der Waals surface area contributed by atoms with Crippen LogP contribution in [0.3, 0.4) is 0 Å². The van der Waals surface area contributed by atoms with Gasteiger partial charge in [-0.05, 0) is 47.4 Å². The van der Waals surface area contributed by atoms with Gasteiger partial charge in [-0.3, -0.25) is 0 Å². The molecule has 2 N–H and O–H groups in total. The summed E-state index contributed by atoms with van der Waals surface area (Å²) in [7, 11) is 0. The Kier molecular flexibility index (Phi) is 5.41. The van der Waals surface area contributed by atoms with Crippen molar-refractivity contribution in [1.82, 2.24) is 25.5 Å². The molecular weight excluding hydrogens is 266 g/mol. The minimum atomic E-state index is -0.298. The van der Waals surface area contributed by atoms with E-state index in [-0.39, 0.29) is 12.1 Å². The van der Waals surface area contributed by atoms with Crippen LogP contribution in [-0.2, 0) is 0 Å². The molecule has 0 radical (unpaired) electrons. The van der Waals surface area contributed by atoms with E-state index >= 15 is 0 Å². The fraction of sp³-hybridized carbons (Fsp3) is 0.533. The highest BCUT2D eigenvalue weighted by molar-refractivity contribution is 5.34. The minimum Gasteiger partial charge on any atom is -0.392 e. The van der Waals surface area contributed by atoms with Crippen molar-refractivity contribution < 1.29 is 5.11 Å². The second-order valence-electron chi connectivity index (χ2n) is 5.76. The van der Waals surface area contributed by atoms with Gasteiger partial charge in [0.05, 0.1) is 11.8 Å². The molecular formula is C15H23N5O. The van der Waals surface area contributed by atoms with Crippen molar-refractivity contribution in [3.05, 3.63) is 36.2 Å². The van der Waals surface area contributed by atoms with Crippen molar-refractivity contribution >= 4 is 0 Å². The number of nitrogens with one attached hydrogen (secondary N) is 1. The lowest BCUT2D eigenvalue weighted by Gasteiger charge is -2.19. The molecule has 0 amide bonds. The summed E-state index contributed by atoms with van der Waals surface area (Å²) in [5.41, 5.74) is 2.10. The summed E-state index contributed by atoms with van der Waals surface area (Å²) in [6.45, 7) is 6.93. The highest BCUT2D eigenvalue weighted by Gasteiger charge is 2.10. The first-order valence-electron chi connectivity index (χ1n) is 7.31. The lowest BCUT2D eigenvalue weighted by atomic mass is 10.0. The standard InChI is InChI=1S/C15H23N5O/c1-11(2)8-15(21)9-16-12(3)13-4-6-14(7-5-13)20-10-17-18-19-20/h4-7,10-12,15-16,21H,8-9H2,1-3H3. The van der Waals surface area contributed by atoms with Crippen LogP contribution in [0.1, 0.15) is 38.8 Å². The number of aromatic nitrogens is 4. The predicted octanol–water partition coefficient (Wildman–Crippen LogP) is 1.72. The molecule has 21 heavy (non-hydrogen) atoms. The average molecular weight is 289 g/mol. The van der Waals surface area contributed by atoms with Crippen LogP contribution in [0.2, 0.25) is 0 Å². The zero-order valence-electron chi connectivity index (χ0n) is 12.8. The predicted molar refractivity (Wildman–Crippen MR) is 81.0 cm³/mol. The van der Waals surface area contributed by atoms with Crippen molar-refractivity contribution in [3.63, 3.8) is 0 Å². The molecule has 0 aliphatic carbocycles. The van der Waals surface area contributed by atoms with Crippen LogP contribution < -0.4 is 5.32 Å². The van der Waals surface area contributed by atoms with Crippen molar-refractivity contribution in [2.75, 3.05) is 6.54 Å². The van der Waals surface area contributed by atoms with E-state index < -0.39 is 0 Å². The summed E-state index contributed by atoms with van der Waals surface area (Å²) < 4.78 is 1.62. The van der Waals surface area contributed by atoms with Crippen molar-refractivity contribution in [2.24, 2.45) is 5.92 Å². The van der Waals surface area contributed by atoms with Crippen molar-refractivity contribution in [3.8, 4) is 5.69 Å². The van der Waals surface area contributed by atoms with E-state index in [0.717, 1.165) is 12.1 Å². The number of nitrogens with zero attached hydrogens (tertiary/aromatic N) is 4. The maximum atomic E-state index is 9.90. The number of tetrazole rings is 1. The van der Waals surface area contributed by atoms with Crippen LogP contribution in [0, 0.1) is 5.92 Å². The van der Waals surface area contributed by atoms with Gasteiger partial charge in [0.2, 0.25) is 0 Å². The molecule has 0 fully saturated rings. The number of rotatable bonds is 7. The van der Waals surface area contributed by atoms with E-state index in [0.29, 0.717) is 12.5 Å². The topological polar surface area (TPSA) is 75.9 Å². The van der Waals surface area contributed by atoms with Gasteiger partial charge in [-0.15, -0.1) is 5.10 Å². The van der Waals surface area contributed by atoms with Gasteiger partial charge in [0.25, 0.3) is 0 Å². The lowest BCUT2D eigenvalue weighted by molar-refractivity contribution is 0.143. The fourth-order valence-corrected chi connectivity index (χ4v) is 2.25. The minimum absolute atomic E-state index is 0.190. The van der Waals surface area contributed by atoms with E-state index in [2.05, 4.69) is 41.6 Å². The van der Waals surface area contributed by atoms with Crippen LogP contribution >= 0.6 is 0 Å². The van der Waals surface area contributed by atoms with Gasteiger partial charge < -0.3 is 10.4 Å². The Bertz CT molecular complexity index is 524. The first kappa shape index (κ1) is 15.6. The van der Waals surface area contributed by atoms with E-state index in [1.807, 2.05) is 24.3 Å². The van der Waals surface area contributed by atoms with Crippen LogP contribution in [0.25, 0.3) is 5.69 Å². The summed E-state index contributed by atoms with van der Waals surface area (Å²) in [4.78, 5) is 0. The first-order chi connectivity index (χ1) is 10.1. The zero-order valence-corrected chi connectivity index (χ0v) is 12.8. The van der Waals surface area contributed by atoms with Gasteiger partial charge in [-0.2, -0.15) is 0 Å². The fourth-order valence-electron chi connectivity index (χ4n) is 2.25. The molecule has 0 saturated heterocycles. The molecule has 1 heterocycles. The Morgan fingerprint density at radius 3 is 2.48 bits per heavy atom. The third kappa shape index (κ3) is 4.61. The largest absolute Gasteiger partial charge is 0.392 e. The maximum Gasteiger partial charge on any atom is 0.143 e. The Labute approximate surface area is 125 Å². The molecule has 2 unspecified atom stereocenters. The Morgan fingerprint density at radius 2 is 1.90 bits per heavy atom. The molecule has 2 atom stereocenters. The van der Waals surface area contributed by atoms with E-state index in [1.165, 1.54) is 5.56 Å². The number of hydrogen-bond acceptors (Lipinski definition) is 5. The Balaban J connectivity index is 1.89. The number of benzene rings is 1. The van der Waals surface area contributed by atoms with Crippen LogP contribution in [-0.4, -0.2) is 38.0 Å². The zero-order chi connectivity index (χ0) is 15.2. The molecule has 0 aliphatic rings. The Morgan fingerprint density at radius 1 is 1.19 bits per heavy atom. The molecule has 2 rings (SSSR count). The number of aliphatic hydroxyl groups is 1. The molecule has 1 aromatic carbocycles. The van der Waals surface area contributed by atoms with Gasteiger partial charge in [0.15, 0.2) is 0 Å². The van der Waals surface area contributed by atoms with Gasteiger partial charge in [-0.1, -0.05) is 26.0 Å². The summed E-state index contributed by atoms with van der Waals surface area (Å²) in [6, 6.07) is 8.24. The van der Waals surface area contributed by atoms with E-state index in [9.17, 15) is 5.11 Å². The van der Waals surface area contributed by atoms with Gasteiger partial charge >= 0.3 is 0 Å². The second kappa shape index (κ2) is 7.28.